The van der Waals surface area contributed by atoms with Gasteiger partial charge >= 0.3 is 0 Å². The van der Waals surface area contributed by atoms with Crippen LogP contribution in [0.3, 0.4) is 0 Å². The fourth-order valence-electron chi connectivity index (χ4n) is 3.05. The molecule has 1 aliphatic rings. The third kappa shape index (κ3) is 5.04. The van der Waals surface area contributed by atoms with Crippen LogP contribution in [0.2, 0.25) is 0 Å². The molecule has 0 spiro atoms. The molecular formula is C14H30N2O2S. The zero-order valence-electron chi connectivity index (χ0n) is 12.5. The number of likely N-dealkylation sites (N-methyl/N-ethyl adjacent to an activating group) is 1. The Kier molecular flexibility index (Phi) is 6.77. The molecule has 0 aromatic heterocycles. The lowest BCUT2D eigenvalue weighted by atomic mass is 9.88. The minimum Gasteiger partial charge on any atom is -0.329 e. The van der Waals surface area contributed by atoms with Crippen LogP contribution >= 0.6 is 0 Å². The molecular weight excluding hydrogens is 260 g/mol. The van der Waals surface area contributed by atoms with Crippen molar-refractivity contribution >= 4 is 9.84 Å². The summed E-state index contributed by atoms with van der Waals surface area (Å²) in [7, 11) is -0.851. The molecule has 0 unspecified atom stereocenters. The van der Waals surface area contributed by atoms with Gasteiger partial charge in [-0.15, -0.1) is 0 Å². The summed E-state index contributed by atoms with van der Waals surface area (Å²) in [5, 5.41) is 0. The molecule has 0 aromatic rings. The molecule has 0 aromatic carbocycles. The van der Waals surface area contributed by atoms with Crippen LogP contribution in [0.15, 0.2) is 0 Å². The Morgan fingerprint density at radius 2 is 1.68 bits per heavy atom. The van der Waals surface area contributed by atoms with Crippen molar-refractivity contribution in [1.82, 2.24) is 4.90 Å². The van der Waals surface area contributed by atoms with Crippen LogP contribution in [-0.4, -0.2) is 50.5 Å². The van der Waals surface area contributed by atoms with Crippen molar-refractivity contribution in [1.29, 1.82) is 0 Å². The highest BCUT2D eigenvalue weighted by Crippen LogP contribution is 2.30. The third-order valence-corrected chi connectivity index (χ3v) is 6.31. The number of sulfone groups is 1. The fourth-order valence-corrected chi connectivity index (χ4v) is 4.43. The van der Waals surface area contributed by atoms with Gasteiger partial charge in [0, 0.05) is 24.4 Å². The first kappa shape index (κ1) is 16.9. The van der Waals surface area contributed by atoms with Gasteiger partial charge in [0.1, 0.15) is 0 Å². The maximum Gasteiger partial charge on any atom is 0.151 e. The maximum atomic E-state index is 11.8. The Bertz CT molecular complexity index is 346. The zero-order valence-corrected chi connectivity index (χ0v) is 13.3. The molecule has 1 fully saturated rings. The minimum absolute atomic E-state index is 0.0260. The zero-order chi connectivity index (χ0) is 14.4. The van der Waals surface area contributed by atoms with E-state index in [-0.39, 0.29) is 11.3 Å². The number of nitrogens with two attached hydrogens (primary N) is 1. The lowest BCUT2D eigenvalue weighted by Crippen LogP contribution is -2.53. The van der Waals surface area contributed by atoms with Crippen LogP contribution in [0.5, 0.6) is 0 Å². The van der Waals surface area contributed by atoms with Crippen LogP contribution < -0.4 is 5.73 Å². The largest absolute Gasteiger partial charge is 0.329 e. The Labute approximate surface area is 118 Å². The van der Waals surface area contributed by atoms with Gasteiger partial charge in [0.25, 0.3) is 0 Å². The average molecular weight is 290 g/mol. The monoisotopic (exact) mass is 290 g/mol. The summed E-state index contributed by atoms with van der Waals surface area (Å²) in [6.07, 6.45) is 7.90. The standard InChI is InChI=1S/C14H30N2O2S/c1-3-11-19(17,18)12-10-16(2)14(13-15)8-6-4-5-7-9-14/h3-13,15H2,1-2H3. The molecule has 0 aliphatic heterocycles. The van der Waals surface area contributed by atoms with Gasteiger partial charge < -0.3 is 5.73 Å². The average Bonchev–Trinajstić information content (AvgIpc) is 2.62. The summed E-state index contributed by atoms with van der Waals surface area (Å²) >= 11 is 0. The second kappa shape index (κ2) is 7.60. The lowest BCUT2D eigenvalue weighted by Gasteiger charge is -2.41. The van der Waals surface area contributed by atoms with Crippen molar-refractivity contribution in [3.05, 3.63) is 0 Å². The molecule has 0 heterocycles. The van der Waals surface area contributed by atoms with Crippen molar-refractivity contribution < 1.29 is 8.42 Å². The van der Waals surface area contributed by atoms with Gasteiger partial charge in [-0.2, -0.15) is 0 Å². The molecule has 5 heteroatoms. The van der Waals surface area contributed by atoms with Crippen LogP contribution in [0.4, 0.5) is 0 Å². The predicted molar refractivity (Wildman–Crippen MR) is 81.1 cm³/mol. The van der Waals surface area contributed by atoms with E-state index in [1.807, 2.05) is 14.0 Å². The molecule has 114 valence electrons. The Balaban J connectivity index is 2.60. The number of hydrogen-bond acceptors (Lipinski definition) is 4. The molecule has 1 aliphatic carbocycles. The number of nitrogens with zero attached hydrogens (tertiary/aromatic N) is 1. The van der Waals surface area contributed by atoms with Crippen molar-refractivity contribution in [2.24, 2.45) is 5.73 Å². The van der Waals surface area contributed by atoms with Crippen LogP contribution in [0.25, 0.3) is 0 Å². The van der Waals surface area contributed by atoms with Crippen LogP contribution in [0, 0.1) is 0 Å². The predicted octanol–water partition coefficient (Wildman–Crippen LogP) is 1.79. The highest BCUT2D eigenvalue weighted by Gasteiger charge is 2.33. The molecule has 0 atom stereocenters. The summed E-state index contributed by atoms with van der Waals surface area (Å²) in [6.45, 7) is 3.16. The van der Waals surface area contributed by atoms with Crippen molar-refractivity contribution in [3.63, 3.8) is 0 Å². The number of hydrogen-bond donors (Lipinski definition) is 1. The smallest absolute Gasteiger partial charge is 0.151 e. The molecule has 4 nitrogen and oxygen atoms in total. The summed E-state index contributed by atoms with van der Waals surface area (Å²) in [6, 6.07) is 0. The molecule has 19 heavy (non-hydrogen) atoms. The fraction of sp³-hybridized carbons (Fsp3) is 1.00. The van der Waals surface area contributed by atoms with E-state index in [9.17, 15) is 8.42 Å². The van der Waals surface area contributed by atoms with E-state index in [0.29, 0.717) is 25.3 Å². The maximum absolute atomic E-state index is 11.8. The first-order valence-electron chi connectivity index (χ1n) is 7.57. The lowest BCUT2D eigenvalue weighted by molar-refractivity contribution is 0.114. The van der Waals surface area contributed by atoms with Gasteiger partial charge in [-0.05, 0) is 26.3 Å². The normalized spacial score (nSPS) is 20.4. The van der Waals surface area contributed by atoms with Gasteiger partial charge in [-0.1, -0.05) is 32.6 Å². The Morgan fingerprint density at radius 1 is 1.11 bits per heavy atom. The van der Waals surface area contributed by atoms with Gasteiger partial charge in [-0.3, -0.25) is 4.90 Å². The minimum atomic E-state index is -2.89. The van der Waals surface area contributed by atoms with Crippen LogP contribution in [-0.2, 0) is 9.84 Å². The Hall–Kier alpha value is -0.130. The van der Waals surface area contributed by atoms with Crippen molar-refractivity contribution in [2.45, 2.75) is 57.4 Å². The van der Waals surface area contributed by atoms with Crippen LogP contribution in [0.1, 0.15) is 51.9 Å². The molecule has 0 radical (unpaired) electrons. The van der Waals surface area contributed by atoms with Crippen molar-refractivity contribution in [2.75, 3.05) is 31.6 Å². The first-order valence-corrected chi connectivity index (χ1v) is 9.40. The molecule has 2 N–H and O–H groups in total. The second-order valence-corrected chi connectivity index (χ2v) is 8.22. The van der Waals surface area contributed by atoms with E-state index in [4.69, 9.17) is 5.73 Å². The summed E-state index contributed by atoms with van der Waals surface area (Å²) in [4.78, 5) is 2.21. The molecule has 0 saturated heterocycles. The van der Waals surface area contributed by atoms with Gasteiger partial charge in [0.2, 0.25) is 0 Å². The first-order chi connectivity index (χ1) is 8.96. The van der Waals surface area contributed by atoms with Gasteiger partial charge in [-0.25, -0.2) is 8.42 Å². The van der Waals surface area contributed by atoms with Gasteiger partial charge in [0.15, 0.2) is 9.84 Å². The third-order valence-electron chi connectivity index (χ3n) is 4.48. The van der Waals surface area contributed by atoms with Gasteiger partial charge in [0.05, 0.1) is 5.75 Å². The summed E-state index contributed by atoms with van der Waals surface area (Å²) < 4.78 is 23.6. The molecule has 1 rings (SSSR count). The highest BCUT2D eigenvalue weighted by molar-refractivity contribution is 7.91. The summed E-state index contributed by atoms with van der Waals surface area (Å²) in [5.41, 5.74) is 6.04. The highest BCUT2D eigenvalue weighted by atomic mass is 32.2. The topological polar surface area (TPSA) is 63.4 Å². The number of rotatable bonds is 7. The van der Waals surface area contributed by atoms with E-state index < -0.39 is 9.84 Å². The quantitative estimate of drug-likeness (QED) is 0.726. The van der Waals surface area contributed by atoms with E-state index in [1.165, 1.54) is 25.7 Å². The summed E-state index contributed by atoms with van der Waals surface area (Å²) in [5.74, 6) is 0.565. The SMILES string of the molecule is CCCS(=O)(=O)CCN(C)C1(CN)CCCCCC1. The van der Waals surface area contributed by atoms with E-state index in [2.05, 4.69) is 4.90 Å². The van der Waals surface area contributed by atoms with E-state index in [0.717, 1.165) is 12.8 Å². The van der Waals surface area contributed by atoms with Crippen molar-refractivity contribution in [3.8, 4) is 0 Å². The second-order valence-electron chi connectivity index (χ2n) is 5.92. The molecule has 1 saturated carbocycles. The Morgan fingerprint density at radius 3 is 2.16 bits per heavy atom. The molecule has 0 bridgehead atoms. The van der Waals surface area contributed by atoms with E-state index >= 15 is 0 Å². The van der Waals surface area contributed by atoms with E-state index in [1.54, 1.807) is 0 Å². The molecule has 0 amide bonds.